The molecular formula is C10H10N4O4S2. The Bertz CT molecular complexity index is 396. The summed E-state index contributed by atoms with van der Waals surface area (Å²) >= 11 is 0. The van der Waals surface area contributed by atoms with Crippen LogP contribution in [0.5, 0.6) is 0 Å². The van der Waals surface area contributed by atoms with E-state index in [2.05, 4.69) is 20.0 Å². The zero-order valence-electron chi connectivity index (χ0n) is 10.2. The summed E-state index contributed by atoms with van der Waals surface area (Å²) in [6, 6.07) is 0. The third-order valence-corrected chi connectivity index (χ3v) is 4.28. The molecule has 0 aromatic heterocycles. The van der Waals surface area contributed by atoms with Gasteiger partial charge in [-0.2, -0.15) is 20.0 Å². The minimum Gasteiger partial charge on any atom is -0.211 e. The highest BCUT2D eigenvalue weighted by atomic mass is 33.1. The van der Waals surface area contributed by atoms with E-state index in [9.17, 15) is 19.2 Å². The molecule has 0 aromatic carbocycles. The average molecular weight is 314 g/mol. The Labute approximate surface area is 122 Å². The fourth-order valence-corrected chi connectivity index (χ4v) is 3.12. The van der Waals surface area contributed by atoms with Gasteiger partial charge in [0.15, 0.2) is 12.3 Å². The van der Waals surface area contributed by atoms with Crippen molar-refractivity contribution in [3.05, 3.63) is 0 Å². The predicted molar refractivity (Wildman–Crippen MR) is 74.2 cm³/mol. The Hall–Kier alpha value is -1.78. The lowest BCUT2D eigenvalue weighted by molar-refractivity contribution is 0.546. The van der Waals surface area contributed by atoms with Crippen LogP contribution in [0.3, 0.4) is 0 Å². The van der Waals surface area contributed by atoms with Crippen molar-refractivity contribution in [1.29, 1.82) is 0 Å². The Morgan fingerprint density at radius 1 is 0.650 bits per heavy atom. The Morgan fingerprint density at radius 3 is 1.20 bits per heavy atom. The molecule has 8 nitrogen and oxygen atoms in total. The first-order valence-electron chi connectivity index (χ1n) is 5.30. The first-order chi connectivity index (χ1) is 9.78. The van der Waals surface area contributed by atoms with Crippen molar-refractivity contribution in [2.75, 3.05) is 11.5 Å². The average Bonchev–Trinajstić information content (AvgIpc) is 2.43. The van der Waals surface area contributed by atoms with Gasteiger partial charge in [-0.25, -0.2) is 19.2 Å². The number of carbonyl (C=O) groups excluding carboxylic acids is 4. The van der Waals surface area contributed by atoms with Crippen LogP contribution in [-0.2, 0) is 19.2 Å². The predicted octanol–water partition coefficient (Wildman–Crippen LogP) is 1.14. The molecule has 0 unspecified atom stereocenters. The van der Waals surface area contributed by atoms with E-state index in [-0.39, 0.29) is 0 Å². The maximum atomic E-state index is 10.0. The van der Waals surface area contributed by atoms with Crippen molar-refractivity contribution >= 4 is 45.9 Å². The smallest absolute Gasteiger partial charge is 0.211 e. The summed E-state index contributed by atoms with van der Waals surface area (Å²) in [7, 11) is 2.94. The molecule has 0 rings (SSSR count). The lowest BCUT2D eigenvalue weighted by atomic mass is 10.4. The van der Waals surface area contributed by atoms with Crippen LogP contribution < -0.4 is 0 Å². The molecule has 0 heterocycles. The van der Waals surface area contributed by atoms with Gasteiger partial charge in [-0.3, -0.25) is 0 Å². The summed E-state index contributed by atoms with van der Waals surface area (Å²) in [6.07, 6.45) is 4.67. The van der Waals surface area contributed by atoms with Crippen LogP contribution in [0.25, 0.3) is 0 Å². The monoisotopic (exact) mass is 314 g/mol. The molecule has 0 aliphatic rings. The first kappa shape index (κ1) is 18.2. The Balaban J connectivity index is 3.85. The molecule has 0 atom stereocenters. The summed E-state index contributed by atoms with van der Waals surface area (Å²) < 4.78 is 0. The quantitative estimate of drug-likeness (QED) is 0.244. The summed E-state index contributed by atoms with van der Waals surface area (Å²) in [4.78, 5) is 53.5. The third-order valence-electron chi connectivity index (χ3n) is 1.81. The van der Waals surface area contributed by atoms with Crippen LogP contribution in [0.15, 0.2) is 20.0 Å². The third kappa shape index (κ3) is 10.2. The number of aliphatic imine (C=N–C) groups is 4. The minimum absolute atomic E-state index is 0.407. The van der Waals surface area contributed by atoms with E-state index in [0.717, 1.165) is 0 Å². The summed E-state index contributed by atoms with van der Waals surface area (Å²) in [5.74, 6) is 1.20. The largest absolute Gasteiger partial charge is 0.237 e. The topological polar surface area (TPSA) is 118 Å². The van der Waals surface area contributed by atoms with Gasteiger partial charge in [0.25, 0.3) is 0 Å². The second-order valence-electron chi connectivity index (χ2n) is 3.06. The van der Waals surface area contributed by atoms with Crippen LogP contribution in [-0.4, -0.2) is 48.2 Å². The molecule has 10 heteroatoms. The molecule has 0 saturated heterocycles. The lowest BCUT2D eigenvalue weighted by Crippen LogP contribution is -2.02. The molecule has 0 spiro atoms. The molecule has 20 heavy (non-hydrogen) atoms. The molecule has 0 fully saturated rings. The van der Waals surface area contributed by atoms with Crippen LogP contribution in [0.2, 0.25) is 0 Å². The second-order valence-corrected chi connectivity index (χ2v) is 5.77. The Kier molecular flexibility index (Phi) is 12.4. The van der Waals surface area contributed by atoms with Gasteiger partial charge in [0, 0.05) is 24.3 Å². The lowest BCUT2D eigenvalue weighted by Gasteiger charge is -2.04. The zero-order chi connectivity index (χ0) is 15.1. The van der Waals surface area contributed by atoms with Gasteiger partial charge in [0.2, 0.25) is 24.3 Å². The SMILES string of the molecule is O=C=NC(CCSSCCC(N=C=O)N=C=O)N=C=O. The zero-order valence-corrected chi connectivity index (χ0v) is 11.9. The van der Waals surface area contributed by atoms with Gasteiger partial charge in [-0.15, -0.1) is 0 Å². The van der Waals surface area contributed by atoms with Gasteiger partial charge >= 0.3 is 0 Å². The normalized spacial score (nSPS) is 11.8. The molecule has 0 N–H and O–H groups in total. The summed E-state index contributed by atoms with van der Waals surface area (Å²) in [5, 5.41) is 0. The van der Waals surface area contributed by atoms with E-state index >= 15 is 0 Å². The van der Waals surface area contributed by atoms with Crippen molar-refractivity contribution < 1.29 is 19.2 Å². The minimum atomic E-state index is -0.745. The van der Waals surface area contributed by atoms with Crippen LogP contribution >= 0.6 is 21.6 Å². The van der Waals surface area contributed by atoms with Crippen molar-refractivity contribution in [2.45, 2.75) is 25.2 Å². The van der Waals surface area contributed by atoms with E-state index in [4.69, 9.17) is 0 Å². The summed E-state index contributed by atoms with van der Waals surface area (Å²) in [5.41, 5.74) is 0. The number of hydrogen-bond donors (Lipinski definition) is 0. The number of hydrogen-bond acceptors (Lipinski definition) is 10. The van der Waals surface area contributed by atoms with Gasteiger partial charge in [0.05, 0.1) is 0 Å². The molecular weight excluding hydrogens is 304 g/mol. The second kappa shape index (κ2) is 13.6. The van der Waals surface area contributed by atoms with Gasteiger partial charge < -0.3 is 0 Å². The maximum Gasteiger partial charge on any atom is 0.237 e. The van der Waals surface area contributed by atoms with Crippen LogP contribution in [0.1, 0.15) is 12.8 Å². The molecule has 0 aliphatic carbocycles. The molecule has 0 bridgehead atoms. The fourth-order valence-electron chi connectivity index (χ4n) is 0.984. The molecule has 0 aromatic rings. The highest BCUT2D eigenvalue weighted by molar-refractivity contribution is 8.76. The van der Waals surface area contributed by atoms with Crippen molar-refractivity contribution in [2.24, 2.45) is 20.0 Å². The highest BCUT2D eigenvalue weighted by Crippen LogP contribution is 2.24. The molecule has 106 valence electrons. The maximum absolute atomic E-state index is 10.0. The van der Waals surface area contributed by atoms with Gasteiger partial charge in [-0.05, 0) is 0 Å². The van der Waals surface area contributed by atoms with Crippen LogP contribution in [0, 0.1) is 0 Å². The highest BCUT2D eigenvalue weighted by Gasteiger charge is 2.06. The number of rotatable bonds is 11. The molecule has 0 radical (unpaired) electrons. The number of nitrogens with zero attached hydrogens (tertiary/aromatic N) is 4. The van der Waals surface area contributed by atoms with Gasteiger partial charge in [-0.1, -0.05) is 21.6 Å². The van der Waals surface area contributed by atoms with Crippen LogP contribution in [0.4, 0.5) is 0 Å². The number of isocyanates is 4. The van der Waals surface area contributed by atoms with E-state index in [1.807, 2.05) is 0 Å². The van der Waals surface area contributed by atoms with E-state index in [1.165, 1.54) is 45.9 Å². The molecule has 0 saturated carbocycles. The van der Waals surface area contributed by atoms with Crippen molar-refractivity contribution in [3.63, 3.8) is 0 Å². The van der Waals surface area contributed by atoms with Crippen molar-refractivity contribution in [1.82, 2.24) is 0 Å². The fraction of sp³-hybridized carbons (Fsp3) is 0.600. The summed E-state index contributed by atoms with van der Waals surface area (Å²) in [6.45, 7) is 0. The first-order valence-corrected chi connectivity index (χ1v) is 7.79. The molecule has 0 aliphatic heterocycles. The standard InChI is InChI=1S/C10H10N4O4S2/c15-5-11-9(12-6-16)1-3-19-20-4-2-10(13-7-17)14-8-18/h9-10H,1-4H2. The van der Waals surface area contributed by atoms with E-state index in [1.54, 1.807) is 0 Å². The van der Waals surface area contributed by atoms with E-state index < -0.39 is 12.3 Å². The molecule has 0 amide bonds. The van der Waals surface area contributed by atoms with Gasteiger partial charge in [0.1, 0.15) is 0 Å². The van der Waals surface area contributed by atoms with Crippen molar-refractivity contribution in [3.8, 4) is 0 Å². The Morgan fingerprint density at radius 2 is 0.950 bits per heavy atom. The van der Waals surface area contributed by atoms with E-state index in [0.29, 0.717) is 24.3 Å².